The van der Waals surface area contributed by atoms with Gasteiger partial charge in [0.15, 0.2) is 22.7 Å². The van der Waals surface area contributed by atoms with Crippen LogP contribution in [0.2, 0.25) is 0 Å². The van der Waals surface area contributed by atoms with Gasteiger partial charge in [-0.1, -0.05) is 115 Å². The number of nitrogens with zero attached hydrogens (tertiary/aromatic N) is 10. The van der Waals surface area contributed by atoms with Gasteiger partial charge in [-0.05, 0) is 168 Å². The number of hydrogen-bond acceptors (Lipinski definition) is 6. The van der Waals surface area contributed by atoms with Crippen LogP contribution >= 0.6 is 0 Å². The maximum absolute atomic E-state index is 10.9. The van der Waals surface area contributed by atoms with Gasteiger partial charge in [0.1, 0.15) is 0 Å². The molecule has 2 aliphatic heterocycles. The maximum atomic E-state index is 10.9. The third-order valence-electron chi connectivity index (χ3n) is 18.4. The van der Waals surface area contributed by atoms with Crippen LogP contribution in [0.4, 0.5) is 22.7 Å². The third-order valence-corrected chi connectivity index (χ3v) is 18.4. The topological polar surface area (TPSA) is 170 Å². The van der Waals surface area contributed by atoms with Crippen LogP contribution < -0.4 is 0 Å². The molecule has 3 aliphatic rings. The maximum Gasteiger partial charge on any atom is 0.189 e. The molecule has 0 amide bonds. The molecule has 17 rings (SSSR count). The predicted molar refractivity (Wildman–Crippen MR) is 381 cm³/mol. The molecule has 8 bridgehead atoms. The van der Waals surface area contributed by atoms with Crippen LogP contribution in [0.3, 0.4) is 0 Å². The standard InChI is InChI=1S/C84H38N12/c1-89-61-26-47(43-87)24-58(28-61)74-79-67-34-51-15-7-5-13-49(51)32-65(67)77(93-79)73(57-22-45(41-85)21-46(23-57)42-86)78-66-33-50-14-6-8-16-52(50)35-68(66)80(94-78)75(59-25-48(44-88)27-62(29-59)90-2)82-70-37-54-18-10-12-20-56(54)39-72(70)84(96-82)76(60-30-63(91-3)40-64(31-60)92-4)83-71-38-55-19-11-9-17-53(55)36-69(71)81(74)95-83/h5-40,93,96H. The summed E-state index contributed by atoms with van der Waals surface area (Å²) in [7, 11) is 0. The Kier molecular flexibility index (Phi) is 12.4. The third kappa shape index (κ3) is 8.62. The van der Waals surface area contributed by atoms with Crippen molar-refractivity contribution in [3.63, 3.8) is 0 Å². The van der Waals surface area contributed by atoms with Gasteiger partial charge < -0.3 is 9.97 Å². The normalized spacial score (nSPS) is 11.2. The van der Waals surface area contributed by atoms with E-state index in [-0.39, 0.29) is 45.0 Å². The number of hydrogen-bond donors (Lipinski definition) is 2. The average molecular weight is 1220 g/mol. The molecule has 0 spiro atoms. The van der Waals surface area contributed by atoms with Crippen molar-refractivity contribution in [1.82, 2.24) is 19.9 Å². The molecule has 14 aromatic rings. The first kappa shape index (κ1) is 55.3. The fourth-order valence-electron chi connectivity index (χ4n) is 14.2. The van der Waals surface area contributed by atoms with Gasteiger partial charge in [-0.15, -0.1) is 0 Å². The summed E-state index contributed by atoms with van der Waals surface area (Å²) >= 11 is 0. The zero-order valence-corrected chi connectivity index (χ0v) is 50.3. The molecule has 1 aliphatic carbocycles. The van der Waals surface area contributed by atoms with Crippen molar-refractivity contribution < 1.29 is 0 Å². The van der Waals surface area contributed by atoms with E-state index in [0.717, 1.165) is 64.6 Å². The summed E-state index contributed by atoms with van der Waals surface area (Å²) in [6.45, 7) is 34.1. The first-order chi connectivity index (χ1) is 47.1. The van der Waals surface area contributed by atoms with E-state index in [4.69, 9.17) is 36.3 Å². The monoisotopic (exact) mass is 1210 g/mol. The van der Waals surface area contributed by atoms with Gasteiger partial charge in [0.2, 0.25) is 0 Å². The highest BCUT2D eigenvalue weighted by molar-refractivity contribution is 6.25. The molecule has 2 aromatic heterocycles. The first-order valence-electron chi connectivity index (χ1n) is 30.4. The SMILES string of the molecule is [C-]#[N+]c1cc(C#N)cc(-c2c3nc(c(-c4cc([N+]#[C-])cc([N+]#[C-])c4)c4[nH]c(c(-c5cc(C#N)cc([N+]#[C-])c5)c5nc(c(-c6cc(C#N)cc(C#N)c6)c6[nH]c2c2cc7ccccc7cc62)-c2cc6ccccc6cc2-5)c2cc5ccccc5cc42)-c2cc4ccccc4cc2-3)c1. The van der Waals surface area contributed by atoms with E-state index in [0.29, 0.717) is 112 Å². The number of nitriles is 4. The number of rotatable bonds is 4. The molecule has 0 fully saturated rings. The average Bonchev–Trinajstić information content (AvgIpc) is 1.55. The summed E-state index contributed by atoms with van der Waals surface area (Å²) < 4.78 is 0. The van der Waals surface area contributed by atoms with Crippen molar-refractivity contribution in [1.29, 1.82) is 21.0 Å². The van der Waals surface area contributed by atoms with Crippen LogP contribution in [0.5, 0.6) is 0 Å². The predicted octanol–water partition coefficient (Wildman–Crippen LogP) is 22.3. The minimum Gasteiger partial charge on any atom is -0.353 e. The largest absolute Gasteiger partial charge is 0.353 e. The minimum absolute atomic E-state index is 0.215. The molecule has 12 aromatic carbocycles. The summed E-state index contributed by atoms with van der Waals surface area (Å²) in [5.41, 5.74) is 12.8. The number of aromatic amines is 2. The second-order valence-electron chi connectivity index (χ2n) is 23.8. The Hall–Kier alpha value is -14.8. The van der Waals surface area contributed by atoms with Gasteiger partial charge in [-0.25, -0.2) is 29.3 Å². The molecule has 96 heavy (non-hydrogen) atoms. The van der Waals surface area contributed by atoms with Gasteiger partial charge in [0.25, 0.3) is 0 Å². The lowest BCUT2D eigenvalue weighted by atomic mass is 9.90. The number of nitrogens with one attached hydrogen (secondary N) is 2. The number of H-pyrrole nitrogens is 2. The summed E-state index contributed by atoms with van der Waals surface area (Å²) in [5, 5.41) is 53.8. The van der Waals surface area contributed by atoms with E-state index < -0.39 is 0 Å². The highest BCUT2D eigenvalue weighted by atomic mass is 14.8. The lowest BCUT2D eigenvalue weighted by Crippen LogP contribution is -1.90. The molecule has 12 heteroatoms. The highest BCUT2D eigenvalue weighted by Gasteiger charge is 2.32. The zero-order valence-electron chi connectivity index (χ0n) is 50.3. The second kappa shape index (κ2) is 21.5. The number of aromatic nitrogens is 4. The lowest BCUT2D eigenvalue weighted by molar-refractivity contribution is 1.39. The van der Waals surface area contributed by atoms with Crippen LogP contribution in [-0.2, 0) is 0 Å². The van der Waals surface area contributed by atoms with Gasteiger partial charge >= 0.3 is 0 Å². The number of fused-ring (bicyclic) bond motifs is 4. The number of benzene rings is 12. The molecule has 2 N–H and O–H groups in total. The van der Waals surface area contributed by atoms with E-state index in [1.165, 1.54) is 0 Å². The Morgan fingerprint density at radius 1 is 0.271 bits per heavy atom. The summed E-state index contributed by atoms with van der Waals surface area (Å²) in [5.74, 6) is 0. The van der Waals surface area contributed by atoms with Crippen LogP contribution in [0.1, 0.15) is 22.3 Å². The first-order valence-corrected chi connectivity index (χ1v) is 30.4. The molecule has 0 radical (unpaired) electrons. The van der Waals surface area contributed by atoms with Crippen molar-refractivity contribution in [2.45, 2.75) is 0 Å². The van der Waals surface area contributed by atoms with Gasteiger partial charge in [0, 0.05) is 77.2 Å². The molecule has 0 saturated carbocycles. The second-order valence-corrected chi connectivity index (χ2v) is 23.8. The fraction of sp³-hybridized carbons (Fsp3) is 0. The quantitative estimate of drug-likeness (QED) is 0.166. The summed E-state index contributed by atoms with van der Waals surface area (Å²) in [4.78, 5) is 36.0. The Balaban J connectivity index is 1.27. The van der Waals surface area contributed by atoms with Crippen molar-refractivity contribution in [2.75, 3.05) is 0 Å². The van der Waals surface area contributed by atoms with Crippen LogP contribution in [0.15, 0.2) is 218 Å². The molecule has 4 heterocycles. The van der Waals surface area contributed by atoms with E-state index in [9.17, 15) is 21.0 Å². The molecular weight excluding hydrogens is 1180 g/mol. The van der Waals surface area contributed by atoms with Crippen molar-refractivity contribution in [3.8, 4) is 114 Å². The minimum atomic E-state index is 0.215. The fourth-order valence-corrected chi connectivity index (χ4v) is 14.2. The van der Waals surface area contributed by atoms with E-state index in [1.54, 1.807) is 72.8 Å². The molecule has 0 atom stereocenters. The zero-order chi connectivity index (χ0) is 65.0. The van der Waals surface area contributed by atoms with E-state index in [2.05, 4.69) is 102 Å². The smallest absolute Gasteiger partial charge is 0.189 e. The molecule has 0 saturated heterocycles. The highest BCUT2D eigenvalue weighted by Crippen LogP contribution is 2.55. The van der Waals surface area contributed by atoms with Crippen molar-refractivity contribution in [2.24, 2.45) is 0 Å². The Bertz CT molecular complexity index is 5780. The lowest BCUT2D eigenvalue weighted by Gasteiger charge is -2.11. The Labute approximate surface area is 547 Å². The van der Waals surface area contributed by atoms with Gasteiger partial charge in [0.05, 0.1) is 107 Å². The Morgan fingerprint density at radius 2 is 0.500 bits per heavy atom. The van der Waals surface area contributed by atoms with E-state index in [1.807, 2.05) is 97.1 Å². The van der Waals surface area contributed by atoms with Crippen LogP contribution in [0.25, 0.3) is 196 Å². The van der Waals surface area contributed by atoms with Crippen LogP contribution in [-0.4, -0.2) is 19.9 Å². The van der Waals surface area contributed by atoms with Gasteiger partial charge in [-0.3, -0.25) is 0 Å². The van der Waals surface area contributed by atoms with Crippen LogP contribution in [0, 0.1) is 71.6 Å². The van der Waals surface area contributed by atoms with Gasteiger partial charge in [-0.2, -0.15) is 21.0 Å². The van der Waals surface area contributed by atoms with Crippen molar-refractivity contribution >= 4 is 109 Å². The molecule has 434 valence electrons. The molecule has 0 unspecified atom stereocenters. The summed E-state index contributed by atoms with van der Waals surface area (Å²) in [6.07, 6.45) is 0. The van der Waals surface area contributed by atoms with Crippen molar-refractivity contribution in [3.05, 3.63) is 286 Å². The van der Waals surface area contributed by atoms with E-state index >= 15 is 0 Å². The molecular formula is C84H38N12. The Morgan fingerprint density at radius 3 is 0.760 bits per heavy atom. The molecule has 12 nitrogen and oxygen atoms in total. The summed E-state index contributed by atoms with van der Waals surface area (Å²) in [6, 6.07) is 79.0.